The Bertz CT molecular complexity index is 678. The summed E-state index contributed by atoms with van der Waals surface area (Å²) in [5, 5.41) is 5.46. The van der Waals surface area contributed by atoms with E-state index >= 15 is 0 Å². The summed E-state index contributed by atoms with van der Waals surface area (Å²) in [6.07, 6.45) is 0.283. The quantitative estimate of drug-likeness (QED) is 0.860. The van der Waals surface area contributed by atoms with Gasteiger partial charge in [-0.1, -0.05) is 54.1 Å². The Morgan fingerprint density at radius 2 is 1.57 bits per heavy atom. The summed E-state index contributed by atoms with van der Waals surface area (Å²) in [6, 6.07) is 15.7. The van der Waals surface area contributed by atoms with Gasteiger partial charge < -0.3 is 10.6 Å². The molecule has 0 saturated heterocycles. The van der Waals surface area contributed by atoms with E-state index in [0.29, 0.717) is 6.54 Å². The predicted molar refractivity (Wildman–Crippen MR) is 90.9 cm³/mol. The summed E-state index contributed by atoms with van der Waals surface area (Å²) < 4.78 is 0. The third kappa shape index (κ3) is 5.58. The number of nitrogens with one attached hydrogen (secondary N) is 2. The van der Waals surface area contributed by atoms with Crippen LogP contribution in [0.5, 0.6) is 0 Å². The maximum absolute atomic E-state index is 11.8. The van der Waals surface area contributed by atoms with E-state index in [2.05, 4.69) is 10.6 Å². The van der Waals surface area contributed by atoms with Crippen LogP contribution in [0.15, 0.2) is 48.5 Å². The fourth-order valence-electron chi connectivity index (χ4n) is 2.20. The highest BCUT2D eigenvalue weighted by Crippen LogP contribution is 2.06. The van der Waals surface area contributed by atoms with Crippen LogP contribution >= 0.6 is 0 Å². The fraction of sp³-hybridized carbons (Fsp3) is 0.263. The van der Waals surface area contributed by atoms with Crippen molar-refractivity contribution < 1.29 is 9.59 Å². The van der Waals surface area contributed by atoms with Crippen LogP contribution in [-0.2, 0) is 22.6 Å². The van der Waals surface area contributed by atoms with Crippen molar-refractivity contribution in [1.29, 1.82) is 0 Å². The standard InChI is InChI=1S/C19H22N2O2/c1-14-7-9-16(10-8-14)11-18(22)21-13-19(23)20-12-17-6-4-3-5-15(17)2/h3-10H,11-13H2,1-2H3,(H,20,23)(H,21,22). The number of carbonyl (C=O) groups is 2. The molecule has 4 heteroatoms. The number of hydrogen-bond acceptors (Lipinski definition) is 2. The molecule has 0 aliphatic rings. The van der Waals surface area contributed by atoms with Crippen molar-refractivity contribution in [1.82, 2.24) is 10.6 Å². The number of aryl methyl sites for hydroxylation is 2. The van der Waals surface area contributed by atoms with Gasteiger partial charge in [0.05, 0.1) is 13.0 Å². The second kappa shape index (κ2) is 8.13. The van der Waals surface area contributed by atoms with Crippen LogP contribution in [0.1, 0.15) is 22.3 Å². The lowest BCUT2D eigenvalue weighted by Gasteiger charge is -2.09. The molecule has 0 unspecified atom stereocenters. The smallest absolute Gasteiger partial charge is 0.239 e. The van der Waals surface area contributed by atoms with Gasteiger partial charge in [-0.05, 0) is 30.5 Å². The molecule has 23 heavy (non-hydrogen) atoms. The number of amides is 2. The number of carbonyl (C=O) groups excluding carboxylic acids is 2. The van der Waals surface area contributed by atoms with E-state index in [1.165, 1.54) is 0 Å². The van der Waals surface area contributed by atoms with Crippen molar-refractivity contribution in [3.63, 3.8) is 0 Å². The van der Waals surface area contributed by atoms with Crippen molar-refractivity contribution in [2.45, 2.75) is 26.8 Å². The molecule has 0 spiro atoms. The molecule has 0 heterocycles. The van der Waals surface area contributed by atoms with E-state index in [9.17, 15) is 9.59 Å². The summed E-state index contributed by atoms with van der Waals surface area (Å²) in [7, 11) is 0. The van der Waals surface area contributed by atoms with Gasteiger partial charge in [0.1, 0.15) is 0 Å². The lowest BCUT2D eigenvalue weighted by Crippen LogP contribution is -2.37. The minimum atomic E-state index is -0.189. The molecular formula is C19H22N2O2. The fourth-order valence-corrected chi connectivity index (χ4v) is 2.20. The highest BCUT2D eigenvalue weighted by molar-refractivity contribution is 5.85. The average molecular weight is 310 g/mol. The molecule has 0 radical (unpaired) electrons. The molecule has 0 aromatic heterocycles. The second-order valence-electron chi connectivity index (χ2n) is 5.64. The molecule has 4 nitrogen and oxygen atoms in total. The molecule has 0 aliphatic carbocycles. The molecule has 2 aromatic carbocycles. The van der Waals surface area contributed by atoms with Crippen LogP contribution in [-0.4, -0.2) is 18.4 Å². The van der Waals surface area contributed by atoms with E-state index in [4.69, 9.17) is 0 Å². The van der Waals surface area contributed by atoms with Gasteiger partial charge in [0.25, 0.3) is 0 Å². The zero-order chi connectivity index (χ0) is 16.7. The van der Waals surface area contributed by atoms with Crippen LogP contribution in [0.25, 0.3) is 0 Å². The van der Waals surface area contributed by atoms with E-state index in [1.807, 2.05) is 62.4 Å². The first-order valence-electron chi connectivity index (χ1n) is 7.68. The first-order chi connectivity index (χ1) is 11.0. The monoisotopic (exact) mass is 310 g/mol. The molecule has 0 fully saturated rings. The van der Waals surface area contributed by atoms with Gasteiger partial charge in [0.15, 0.2) is 0 Å². The zero-order valence-corrected chi connectivity index (χ0v) is 13.6. The summed E-state index contributed by atoms with van der Waals surface area (Å²) in [5.41, 5.74) is 4.31. The van der Waals surface area contributed by atoms with E-state index in [0.717, 1.165) is 22.3 Å². The normalized spacial score (nSPS) is 10.2. The molecule has 2 aromatic rings. The van der Waals surface area contributed by atoms with Crippen molar-refractivity contribution in [3.05, 3.63) is 70.8 Å². The van der Waals surface area contributed by atoms with E-state index < -0.39 is 0 Å². The Morgan fingerprint density at radius 1 is 0.870 bits per heavy atom. The van der Waals surface area contributed by atoms with Crippen LogP contribution in [0.2, 0.25) is 0 Å². The molecule has 2 rings (SSSR count). The summed E-state index contributed by atoms with van der Waals surface area (Å²) in [6.45, 7) is 4.48. The minimum absolute atomic E-state index is 0.00340. The van der Waals surface area contributed by atoms with Crippen LogP contribution < -0.4 is 10.6 Å². The summed E-state index contributed by atoms with van der Waals surface area (Å²) in [5.74, 6) is -0.342. The van der Waals surface area contributed by atoms with Gasteiger partial charge in [0, 0.05) is 6.54 Å². The van der Waals surface area contributed by atoms with E-state index in [1.54, 1.807) is 0 Å². The maximum atomic E-state index is 11.8. The predicted octanol–water partition coefficient (Wildman–Crippen LogP) is 2.28. The van der Waals surface area contributed by atoms with Crippen LogP contribution in [0.4, 0.5) is 0 Å². The first-order valence-corrected chi connectivity index (χ1v) is 7.68. The molecule has 0 saturated carbocycles. The largest absolute Gasteiger partial charge is 0.350 e. The van der Waals surface area contributed by atoms with Gasteiger partial charge >= 0.3 is 0 Å². The van der Waals surface area contributed by atoms with Gasteiger partial charge in [-0.3, -0.25) is 9.59 Å². The molecule has 2 amide bonds. The van der Waals surface area contributed by atoms with Gasteiger partial charge in [0.2, 0.25) is 11.8 Å². The molecule has 120 valence electrons. The van der Waals surface area contributed by atoms with Gasteiger partial charge in [-0.2, -0.15) is 0 Å². The topological polar surface area (TPSA) is 58.2 Å². The van der Waals surface area contributed by atoms with E-state index in [-0.39, 0.29) is 24.8 Å². The summed E-state index contributed by atoms with van der Waals surface area (Å²) in [4.78, 5) is 23.6. The van der Waals surface area contributed by atoms with Crippen molar-refractivity contribution in [2.24, 2.45) is 0 Å². The Labute approximate surface area is 136 Å². The SMILES string of the molecule is Cc1ccc(CC(=O)NCC(=O)NCc2ccccc2C)cc1. The Balaban J connectivity index is 1.72. The third-order valence-corrected chi connectivity index (χ3v) is 3.67. The lowest BCUT2D eigenvalue weighted by atomic mass is 10.1. The average Bonchev–Trinajstić information content (AvgIpc) is 2.54. The van der Waals surface area contributed by atoms with Crippen molar-refractivity contribution in [3.8, 4) is 0 Å². The van der Waals surface area contributed by atoms with Gasteiger partial charge in [-0.25, -0.2) is 0 Å². The van der Waals surface area contributed by atoms with Crippen LogP contribution in [0, 0.1) is 13.8 Å². The molecule has 0 aliphatic heterocycles. The zero-order valence-electron chi connectivity index (χ0n) is 13.6. The maximum Gasteiger partial charge on any atom is 0.239 e. The highest BCUT2D eigenvalue weighted by Gasteiger charge is 2.07. The Kier molecular flexibility index (Phi) is 5.92. The number of rotatable bonds is 6. The summed E-state index contributed by atoms with van der Waals surface area (Å²) >= 11 is 0. The second-order valence-corrected chi connectivity index (χ2v) is 5.64. The lowest BCUT2D eigenvalue weighted by molar-refractivity contribution is -0.125. The minimum Gasteiger partial charge on any atom is -0.350 e. The third-order valence-electron chi connectivity index (χ3n) is 3.67. The molecule has 2 N–H and O–H groups in total. The molecule has 0 bridgehead atoms. The number of hydrogen-bond donors (Lipinski definition) is 2. The molecular weight excluding hydrogens is 288 g/mol. The highest BCUT2D eigenvalue weighted by atomic mass is 16.2. The Hall–Kier alpha value is -2.62. The van der Waals surface area contributed by atoms with Crippen molar-refractivity contribution >= 4 is 11.8 Å². The van der Waals surface area contributed by atoms with Crippen molar-refractivity contribution in [2.75, 3.05) is 6.54 Å². The van der Waals surface area contributed by atoms with Crippen LogP contribution in [0.3, 0.4) is 0 Å². The van der Waals surface area contributed by atoms with Gasteiger partial charge in [-0.15, -0.1) is 0 Å². The first kappa shape index (κ1) is 16.7. The molecule has 0 atom stereocenters. The Morgan fingerprint density at radius 3 is 2.26 bits per heavy atom. The number of benzene rings is 2.